The van der Waals surface area contributed by atoms with Crippen LogP contribution >= 0.6 is 11.6 Å². The van der Waals surface area contributed by atoms with Gasteiger partial charge in [0.2, 0.25) is 0 Å². The van der Waals surface area contributed by atoms with Gasteiger partial charge in [0, 0.05) is 6.54 Å². The Hall–Kier alpha value is -2.15. The van der Waals surface area contributed by atoms with Gasteiger partial charge in [-0.05, 0) is 18.6 Å². The zero-order valence-electron chi connectivity index (χ0n) is 10.8. The van der Waals surface area contributed by atoms with Gasteiger partial charge in [-0.25, -0.2) is 9.18 Å². The van der Waals surface area contributed by atoms with Crippen LogP contribution in [0, 0.1) is 5.82 Å². The lowest BCUT2D eigenvalue weighted by atomic mass is 9.99. The Kier molecular flexibility index (Phi) is 3.09. The number of amides is 4. The summed E-state index contributed by atoms with van der Waals surface area (Å²) in [4.78, 5) is 36.7. The second kappa shape index (κ2) is 4.70. The minimum Gasteiger partial charge on any atom is -0.336 e. The van der Waals surface area contributed by atoms with Crippen molar-refractivity contribution < 1.29 is 18.8 Å². The van der Waals surface area contributed by atoms with Crippen LogP contribution in [-0.2, 0) is 4.79 Å². The maximum Gasteiger partial charge on any atom is 0.322 e. The number of rotatable bonds is 1. The molecular formula is C13H11ClFN3O3. The van der Waals surface area contributed by atoms with Crippen molar-refractivity contribution >= 4 is 29.4 Å². The van der Waals surface area contributed by atoms with E-state index in [9.17, 15) is 18.8 Å². The molecule has 0 saturated carbocycles. The molecule has 3 rings (SSSR count). The van der Waals surface area contributed by atoms with Gasteiger partial charge in [0.05, 0.1) is 17.1 Å². The van der Waals surface area contributed by atoms with Crippen LogP contribution in [-0.4, -0.2) is 41.4 Å². The molecule has 2 saturated heterocycles. The Labute approximate surface area is 124 Å². The topological polar surface area (TPSA) is 78.5 Å². The maximum atomic E-state index is 13.9. The van der Waals surface area contributed by atoms with Crippen molar-refractivity contribution in [3.05, 3.63) is 34.6 Å². The fraction of sp³-hybridized carbons (Fsp3) is 0.308. The van der Waals surface area contributed by atoms with Gasteiger partial charge in [-0.3, -0.25) is 14.9 Å². The third kappa shape index (κ3) is 2.13. The molecular weight excluding hydrogens is 301 g/mol. The first-order valence-corrected chi connectivity index (χ1v) is 6.68. The number of benzene rings is 1. The number of carbonyl (C=O) groups excluding carboxylic acids is 3. The minimum absolute atomic E-state index is 0.00929. The zero-order valence-corrected chi connectivity index (χ0v) is 11.5. The van der Waals surface area contributed by atoms with Gasteiger partial charge < -0.3 is 10.2 Å². The smallest absolute Gasteiger partial charge is 0.322 e. The summed E-state index contributed by atoms with van der Waals surface area (Å²) in [6.07, 6.45) is 0.290. The van der Waals surface area contributed by atoms with E-state index in [4.69, 9.17) is 11.6 Å². The number of urea groups is 1. The number of nitrogens with one attached hydrogen (secondary N) is 2. The largest absolute Gasteiger partial charge is 0.336 e. The van der Waals surface area contributed by atoms with Gasteiger partial charge in [-0.15, -0.1) is 0 Å². The second-order valence-electron chi connectivity index (χ2n) is 5.07. The summed E-state index contributed by atoms with van der Waals surface area (Å²) in [6.45, 7) is 0.258. The Bertz CT molecular complexity index is 666. The third-order valence-electron chi connectivity index (χ3n) is 3.75. The molecule has 2 heterocycles. The van der Waals surface area contributed by atoms with Crippen LogP contribution in [0.1, 0.15) is 16.8 Å². The van der Waals surface area contributed by atoms with Crippen molar-refractivity contribution in [3.8, 4) is 0 Å². The molecule has 1 aromatic carbocycles. The van der Waals surface area contributed by atoms with Crippen LogP contribution in [0.25, 0.3) is 0 Å². The van der Waals surface area contributed by atoms with E-state index in [1.54, 1.807) is 0 Å². The molecule has 21 heavy (non-hydrogen) atoms. The summed E-state index contributed by atoms with van der Waals surface area (Å²) in [6, 6.07) is 3.59. The lowest BCUT2D eigenvalue weighted by molar-refractivity contribution is -0.123. The molecule has 110 valence electrons. The molecule has 2 aliphatic heterocycles. The SMILES string of the molecule is O=C1NC(=O)C2(CCN(C(=O)c3cccc(Cl)c3F)C2)N1. The van der Waals surface area contributed by atoms with Gasteiger partial charge >= 0.3 is 6.03 Å². The van der Waals surface area contributed by atoms with Crippen molar-refractivity contribution in [3.63, 3.8) is 0 Å². The molecule has 2 aliphatic rings. The number of nitrogens with zero attached hydrogens (tertiary/aromatic N) is 1. The van der Waals surface area contributed by atoms with Crippen LogP contribution in [0.2, 0.25) is 5.02 Å². The van der Waals surface area contributed by atoms with Crippen LogP contribution in [0.15, 0.2) is 18.2 Å². The first kappa shape index (κ1) is 13.8. The standard InChI is InChI=1S/C13H11ClFN3O3/c14-8-3-1-2-7(9(8)15)10(19)18-5-4-13(6-18)11(20)16-12(21)17-13/h1-3H,4-6H2,(H2,16,17,20,21). The number of hydrogen-bond acceptors (Lipinski definition) is 3. The van der Waals surface area contributed by atoms with E-state index in [1.807, 2.05) is 0 Å². The predicted octanol–water partition coefficient (Wildman–Crippen LogP) is 0.903. The molecule has 1 spiro atoms. The summed E-state index contributed by atoms with van der Waals surface area (Å²) < 4.78 is 13.9. The first-order chi connectivity index (χ1) is 9.93. The van der Waals surface area contributed by atoms with Gasteiger partial charge in [-0.1, -0.05) is 17.7 Å². The van der Waals surface area contributed by atoms with Crippen LogP contribution in [0.4, 0.5) is 9.18 Å². The van der Waals surface area contributed by atoms with E-state index in [0.29, 0.717) is 6.42 Å². The van der Waals surface area contributed by atoms with Gasteiger partial charge in [0.25, 0.3) is 11.8 Å². The van der Waals surface area contributed by atoms with E-state index in [0.717, 1.165) is 0 Å². The Morgan fingerprint density at radius 2 is 2.14 bits per heavy atom. The summed E-state index contributed by atoms with van der Waals surface area (Å²) >= 11 is 5.66. The Morgan fingerprint density at radius 3 is 2.81 bits per heavy atom. The highest BCUT2D eigenvalue weighted by molar-refractivity contribution is 6.31. The highest BCUT2D eigenvalue weighted by Gasteiger charge is 2.51. The number of carbonyl (C=O) groups is 3. The molecule has 0 aliphatic carbocycles. The highest BCUT2D eigenvalue weighted by Crippen LogP contribution is 2.27. The molecule has 6 nitrogen and oxygen atoms in total. The molecule has 8 heteroatoms. The molecule has 0 radical (unpaired) electrons. The summed E-state index contributed by atoms with van der Waals surface area (Å²) in [5, 5.41) is 4.54. The lowest BCUT2D eigenvalue weighted by Gasteiger charge is -2.21. The van der Waals surface area contributed by atoms with Crippen molar-refractivity contribution in [2.45, 2.75) is 12.0 Å². The predicted molar refractivity (Wildman–Crippen MR) is 71.3 cm³/mol. The Morgan fingerprint density at radius 1 is 1.38 bits per heavy atom. The fourth-order valence-corrected chi connectivity index (χ4v) is 2.81. The van der Waals surface area contributed by atoms with E-state index in [-0.39, 0.29) is 23.7 Å². The number of halogens is 2. The van der Waals surface area contributed by atoms with Crippen molar-refractivity contribution in [1.82, 2.24) is 15.5 Å². The van der Waals surface area contributed by atoms with E-state index in [2.05, 4.69) is 10.6 Å². The lowest BCUT2D eigenvalue weighted by Crippen LogP contribution is -2.49. The van der Waals surface area contributed by atoms with Gasteiger partial charge in [0.15, 0.2) is 5.82 Å². The summed E-state index contributed by atoms with van der Waals surface area (Å²) in [5.41, 5.74) is -1.26. The summed E-state index contributed by atoms with van der Waals surface area (Å²) in [5.74, 6) is -1.81. The van der Waals surface area contributed by atoms with Crippen LogP contribution < -0.4 is 10.6 Å². The first-order valence-electron chi connectivity index (χ1n) is 6.30. The van der Waals surface area contributed by atoms with Crippen LogP contribution in [0.3, 0.4) is 0 Å². The number of imide groups is 1. The van der Waals surface area contributed by atoms with Crippen molar-refractivity contribution in [2.24, 2.45) is 0 Å². The van der Waals surface area contributed by atoms with Gasteiger partial charge in [0.1, 0.15) is 5.54 Å². The van der Waals surface area contributed by atoms with E-state index < -0.39 is 29.2 Å². The molecule has 1 aromatic rings. The minimum atomic E-state index is -1.11. The zero-order chi connectivity index (χ0) is 15.2. The molecule has 1 atom stereocenters. The second-order valence-corrected chi connectivity index (χ2v) is 5.48. The van der Waals surface area contributed by atoms with E-state index in [1.165, 1.54) is 23.1 Å². The van der Waals surface area contributed by atoms with Gasteiger partial charge in [-0.2, -0.15) is 0 Å². The fourth-order valence-electron chi connectivity index (χ4n) is 2.64. The van der Waals surface area contributed by atoms with Crippen LogP contribution in [0.5, 0.6) is 0 Å². The van der Waals surface area contributed by atoms with Crippen molar-refractivity contribution in [1.29, 1.82) is 0 Å². The maximum absolute atomic E-state index is 13.9. The normalized spacial score (nSPS) is 24.4. The van der Waals surface area contributed by atoms with E-state index >= 15 is 0 Å². The monoisotopic (exact) mass is 311 g/mol. The van der Waals surface area contributed by atoms with Crippen molar-refractivity contribution in [2.75, 3.05) is 13.1 Å². The average molecular weight is 312 g/mol. The molecule has 2 N–H and O–H groups in total. The highest BCUT2D eigenvalue weighted by atomic mass is 35.5. The molecule has 4 amide bonds. The average Bonchev–Trinajstić information content (AvgIpc) is 2.97. The quantitative estimate of drug-likeness (QED) is 0.757. The molecule has 0 aromatic heterocycles. The number of hydrogen-bond donors (Lipinski definition) is 2. The molecule has 2 fully saturated rings. The molecule has 1 unspecified atom stereocenters. The Balaban J connectivity index is 1.83. The summed E-state index contributed by atoms with van der Waals surface area (Å²) in [7, 11) is 0. The molecule has 0 bridgehead atoms. The number of likely N-dealkylation sites (tertiary alicyclic amines) is 1. The third-order valence-corrected chi connectivity index (χ3v) is 4.04.